The van der Waals surface area contributed by atoms with Gasteiger partial charge in [0.25, 0.3) is 0 Å². The molecule has 103 heavy (non-hydrogen) atoms. The molecular formula is C97H140O6. The number of ketones is 6. The summed E-state index contributed by atoms with van der Waals surface area (Å²) in [4.78, 5) is 94.0. The molecule has 12 bridgehead atoms. The second kappa shape index (κ2) is 31.6. The molecule has 10 aliphatic carbocycles. The van der Waals surface area contributed by atoms with E-state index in [-0.39, 0.29) is 128 Å². The highest BCUT2D eigenvalue weighted by Crippen LogP contribution is 2.60. The summed E-state index contributed by atoms with van der Waals surface area (Å²) in [6.45, 7) is 50.0. The van der Waals surface area contributed by atoms with Gasteiger partial charge in [0.2, 0.25) is 0 Å². The Morgan fingerprint density at radius 3 is 1.09 bits per heavy atom. The minimum atomic E-state index is -0.468. The van der Waals surface area contributed by atoms with Crippen molar-refractivity contribution in [2.45, 2.75) is 300 Å². The molecule has 16 atom stereocenters. The van der Waals surface area contributed by atoms with Gasteiger partial charge < -0.3 is 0 Å². The van der Waals surface area contributed by atoms with E-state index >= 15 is 24.0 Å². The summed E-state index contributed by atoms with van der Waals surface area (Å²) in [6, 6.07) is 0. The molecule has 0 fully saturated rings. The van der Waals surface area contributed by atoms with Gasteiger partial charge in [0.1, 0.15) is 0 Å². The van der Waals surface area contributed by atoms with Crippen LogP contribution < -0.4 is 0 Å². The molecule has 0 spiro atoms. The van der Waals surface area contributed by atoms with E-state index < -0.39 is 28.1 Å². The molecule has 0 saturated heterocycles. The zero-order valence-corrected chi connectivity index (χ0v) is 68.9. The first-order valence-electron chi connectivity index (χ1n) is 41.8. The monoisotopic (exact) mass is 1400 g/mol. The standard InChI is InChI=1S/C97H140O6/c1-23-27-31-66-36-37-68-40-41-69-39-38-67-35-34-65(75-51-53-93(13,14)87(59(75)6)79(101)47-43-72-57-97(21,22)91(63(10)85(69)72)80(102)48-44-70-54-94(15,16)88(60(7)82(66)70)76(98)29-25-3)33-32-64(28-24-2)74-50-52-92(11,12)86(58(74)5)78(100)46-42-71-56-96(19,20)90(62(9)84(67)71)81(103)49-45-73-55-95(17,18)89(61(8)83(68)73)77(99)30-26-4/h25-26,29-30,42-49,64-73,86-91H,23-24,27-28,31-41,50-57H2,1-22H3/b29-25+,30-26+,46-42+,47-43+,48-44+,49-45+/t64-,65?,66?,67-,68+,69?,70?,71?,72?,73?,86?,87?,88?,89?,90?,91?/m0/s1. The maximum atomic E-state index is 16.4. The topological polar surface area (TPSA) is 102 Å². The fourth-order valence-corrected chi connectivity index (χ4v) is 25.7. The molecule has 564 valence electrons. The number of hydrogen-bond donors (Lipinski definition) is 0. The SMILES string of the molecule is C/C=C/C(=O)C1C(C)=C2C(/C=C/C(=O)C3C(C)=C4C(/C=C/C(=O)C5C(C)=C(CCC5(C)C)C5CC[C@H](CCC)C6=C(C)C(C(=O)/C=C/C7CC(C)(C)C8C(=O)/C=C/C9CC(C)(C)C(C(=O)/C=C/C)C(C)=C9[C@H](CCC2CCCC)CCC4CC[C@H](CC5)C7=C8C)C(C)(C)CC6)CC3(C)C)CC1(C)C. The molecule has 0 aromatic heterocycles. The van der Waals surface area contributed by atoms with Crippen molar-refractivity contribution >= 4 is 34.7 Å². The first-order chi connectivity index (χ1) is 48.4. The quantitative estimate of drug-likeness (QED) is 0.168. The van der Waals surface area contributed by atoms with Gasteiger partial charge in [-0.05, 0) is 312 Å². The van der Waals surface area contributed by atoms with Crippen LogP contribution in [0.2, 0.25) is 0 Å². The number of fused-ring (bicyclic) bond motifs is 13. The van der Waals surface area contributed by atoms with Crippen LogP contribution in [0.4, 0.5) is 0 Å². The molecule has 6 nitrogen and oxygen atoms in total. The molecular weight excluding hydrogens is 1260 g/mol. The highest BCUT2D eigenvalue weighted by Gasteiger charge is 2.52. The van der Waals surface area contributed by atoms with Gasteiger partial charge in [0.05, 0.1) is 0 Å². The van der Waals surface area contributed by atoms with Crippen LogP contribution in [-0.2, 0) is 28.8 Å². The Labute approximate surface area is 626 Å². The van der Waals surface area contributed by atoms with Crippen molar-refractivity contribution < 1.29 is 28.8 Å². The van der Waals surface area contributed by atoms with E-state index in [0.29, 0.717) is 5.92 Å². The second-order valence-corrected chi connectivity index (χ2v) is 39.6. The zero-order valence-electron chi connectivity index (χ0n) is 68.9. The van der Waals surface area contributed by atoms with Crippen LogP contribution in [0.15, 0.2) is 140 Å². The van der Waals surface area contributed by atoms with E-state index in [1.807, 2.05) is 50.3 Å². The third-order valence-corrected chi connectivity index (χ3v) is 29.7. The lowest BCUT2D eigenvalue weighted by atomic mass is 9.57. The van der Waals surface area contributed by atoms with Crippen LogP contribution in [0.5, 0.6) is 0 Å². The van der Waals surface area contributed by atoms with E-state index in [1.54, 1.807) is 12.2 Å². The van der Waals surface area contributed by atoms with E-state index in [9.17, 15) is 4.79 Å². The van der Waals surface area contributed by atoms with Gasteiger partial charge in [-0.3, -0.25) is 28.8 Å². The molecule has 10 rings (SSSR count). The Hall–Kier alpha value is -5.10. The summed E-state index contributed by atoms with van der Waals surface area (Å²) in [7, 11) is 0. The summed E-state index contributed by atoms with van der Waals surface area (Å²) in [5.41, 5.74) is 13.5. The molecule has 13 unspecified atom stereocenters. The molecule has 0 heterocycles. The number of allylic oxidation sites excluding steroid dienone is 24. The lowest BCUT2D eigenvalue weighted by Gasteiger charge is -2.46. The first-order valence-corrected chi connectivity index (χ1v) is 41.8. The first kappa shape index (κ1) is 80.4. The lowest BCUT2D eigenvalue weighted by molar-refractivity contribution is -0.122. The van der Waals surface area contributed by atoms with Gasteiger partial charge in [0, 0.05) is 35.5 Å². The molecule has 6 heteroatoms. The predicted molar refractivity (Wildman–Crippen MR) is 428 cm³/mol. The average molecular weight is 1400 g/mol. The van der Waals surface area contributed by atoms with Crippen LogP contribution in [-0.4, -0.2) is 34.7 Å². The van der Waals surface area contributed by atoms with Gasteiger partial charge >= 0.3 is 0 Å². The number of carbonyl (C=O) groups excluding carboxylic acids is 6. The minimum Gasteiger partial charge on any atom is -0.294 e. The summed E-state index contributed by atoms with van der Waals surface area (Å²) < 4.78 is 0. The van der Waals surface area contributed by atoms with Crippen LogP contribution >= 0.6 is 0 Å². The van der Waals surface area contributed by atoms with Crippen LogP contribution in [0.25, 0.3) is 0 Å². The fourth-order valence-electron chi connectivity index (χ4n) is 25.7. The van der Waals surface area contributed by atoms with Gasteiger partial charge in [0.15, 0.2) is 34.7 Å². The van der Waals surface area contributed by atoms with Crippen molar-refractivity contribution in [1.82, 2.24) is 0 Å². The second-order valence-electron chi connectivity index (χ2n) is 39.6. The summed E-state index contributed by atoms with van der Waals surface area (Å²) in [5.74, 6) is -0.262. The third-order valence-electron chi connectivity index (χ3n) is 29.7. The molecule has 0 radical (unpaired) electrons. The van der Waals surface area contributed by atoms with E-state index in [0.717, 1.165) is 159 Å². The number of carbonyl (C=O) groups is 6. The highest BCUT2D eigenvalue weighted by molar-refractivity contribution is 5.98. The Morgan fingerprint density at radius 2 is 0.689 bits per heavy atom. The molecule has 0 saturated carbocycles. The molecule has 0 aromatic rings. The van der Waals surface area contributed by atoms with Crippen LogP contribution in [0.1, 0.15) is 300 Å². The predicted octanol–water partition coefficient (Wildman–Crippen LogP) is 24.8. The van der Waals surface area contributed by atoms with Crippen molar-refractivity contribution in [3.05, 3.63) is 140 Å². The summed E-state index contributed by atoms with van der Waals surface area (Å²) >= 11 is 0. The van der Waals surface area contributed by atoms with E-state index in [2.05, 4.69) is 163 Å². The highest BCUT2D eigenvalue weighted by atomic mass is 16.1. The van der Waals surface area contributed by atoms with Gasteiger partial charge in [-0.1, -0.05) is 220 Å². The Bertz CT molecular complexity index is 3690. The maximum Gasteiger partial charge on any atom is 0.163 e. The Morgan fingerprint density at radius 1 is 0.369 bits per heavy atom. The van der Waals surface area contributed by atoms with Crippen LogP contribution in [0, 0.1) is 127 Å². The van der Waals surface area contributed by atoms with E-state index in [1.165, 1.54) is 55.7 Å². The lowest BCUT2D eigenvalue weighted by Crippen LogP contribution is -2.40. The van der Waals surface area contributed by atoms with Gasteiger partial charge in [-0.25, -0.2) is 0 Å². The summed E-state index contributed by atoms with van der Waals surface area (Å²) in [5, 5.41) is 0. The fraction of sp³-hybridized carbons (Fsp3) is 0.691. The molecule has 0 amide bonds. The number of unbranched alkanes of at least 4 members (excludes halogenated alkanes) is 1. The largest absolute Gasteiger partial charge is 0.294 e. The number of hydrogen-bond acceptors (Lipinski definition) is 6. The molecule has 0 aromatic carbocycles. The van der Waals surface area contributed by atoms with E-state index in [4.69, 9.17) is 0 Å². The van der Waals surface area contributed by atoms with Crippen molar-refractivity contribution in [3.63, 3.8) is 0 Å². The van der Waals surface area contributed by atoms with Crippen molar-refractivity contribution in [2.24, 2.45) is 127 Å². The molecule has 0 aliphatic heterocycles. The molecule has 0 N–H and O–H groups in total. The summed E-state index contributed by atoms with van der Waals surface area (Å²) in [6.07, 6.45) is 46.1. The Balaban J connectivity index is 1.30. The van der Waals surface area contributed by atoms with Crippen molar-refractivity contribution in [3.8, 4) is 0 Å². The molecule has 10 aliphatic rings. The maximum absolute atomic E-state index is 16.4. The average Bonchev–Trinajstić information content (AvgIpc) is 1.61. The number of rotatable bonds is 9. The normalized spacial score (nSPS) is 37.0. The smallest absolute Gasteiger partial charge is 0.163 e. The van der Waals surface area contributed by atoms with Gasteiger partial charge in [-0.15, -0.1) is 0 Å². The van der Waals surface area contributed by atoms with Crippen LogP contribution in [0.3, 0.4) is 0 Å². The van der Waals surface area contributed by atoms with Crippen molar-refractivity contribution in [2.75, 3.05) is 0 Å². The zero-order chi connectivity index (χ0) is 75.4. The van der Waals surface area contributed by atoms with Crippen molar-refractivity contribution in [1.29, 1.82) is 0 Å². The third kappa shape index (κ3) is 16.1. The Kier molecular flexibility index (Phi) is 24.7. The minimum absolute atomic E-state index is 0.0348. The van der Waals surface area contributed by atoms with Gasteiger partial charge in [-0.2, -0.15) is 0 Å².